The fraction of sp³-hybridized carbons (Fsp3) is 0.417. The van der Waals surface area contributed by atoms with E-state index < -0.39 is 45.2 Å². The van der Waals surface area contributed by atoms with Crippen molar-refractivity contribution in [3.05, 3.63) is 51.1 Å². The Morgan fingerprint density at radius 1 is 1.00 bits per heavy atom. The number of hydrogen-bond donors (Lipinski definition) is 2. The maximum absolute atomic E-state index is 12.7. The molecule has 2 aromatic rings. The zero-order chi connectivity index (χ0) is 26.3. The predicted molar refractivity (Wildman–Crippen MR) is 122 cm³/mol. The number of carbonyl (C=O) groups is 2. The van der Waals surface area contributed by atoms with Gasteiger partial charge in [-0.15, -0.1) is 0 Å². The Bertz CT molecular complexity index is 1190. The standard InChI is InChI=1S/C24H27NO10/c1-23(2,3)13-9-17(14(8-16(13)26)24(4,5)6)34-22(29)35-20(21(27)28)12-7-18-19(33-11-32-18)10-15(12)25(30)31/h7-10,20,26H,11H2,1-6H3,(H,27,28). The number of phenolic OH excluding ortho intramolecular Hbond substituents is 1. The van der Waals surface area contributed by atoms with Crippen molar-refractivity contribution in [2.24, 2.45) is 0 Å². The molecule has 0 aliphatic carbocycles. The number of fused-ring (bicyclic) bond motifs is 1. The molecule has 2 aromatic carbocycles. The normalized spacial score (nSPS) is 13.8. The van der Waals surface area contributed by atoms with Gasteiger partial charge in [0, 0.05) is 11.1 Å². The van der Waals surface area contributed by atoms with Crippen molar-refractivity contribution in [2.75, 3.05) is 6.79 Å². The molecule has 0 spiro atoms. The predicted octanol–water partition coefficient (Wildman–Crippen LogP) is 4.97. The second-order valence-electron chi connectivity index (χ2n) is 10.1. The second kappa shape index (κ2) is 8.97. The number of phenols is 1. The molecule has 0 fully saturated rings. The summed E-state index contributed by atoms with van der Waals surface area (Å²) < 4.78 is 20.7. The second-order valence-corrected chi connectivity index (χ2v) is 10.1. The molecule has 1 atom stereocenters. The van der Waals surface area contributed by atoms with E-state index in [1.807, 2.05) is 41.5 Å². The number of nitro benzene ring substituents is 1. The Labute approximate surface area is 201 Å². The van der Waals surface area contributed by atoms with Gasteiger partial charge in [0.2, 0.25) is 12.9 Å². The van der Waals surface area contributed by atoms with E-state index in [0.29, 0.717) is 11.1 Å². The first-order valence-electron chi connectivity index (χ1n) is 10.7. The first kappa shape index (κ1) is 25.6. The minimum absolute atomic E-state index is 0.0162. The minimum Gasteiger partial charge on any atom is -0.508 e. The number of ether oxygens (including phenoxy) is 4. The van der Waals surface area contributed by atoms with Crippen molar-refractivity contribution in [2.45, 2.75) is 58.5 Å². The molecule has 0 radical (unpaired) electrons. The van der Waals surface area contributed by atoms with Gasteiger partial charge in [-0.05, 0) is 29.0 Å². The lowest BCUT2D eigenvalue weighted by Crippen LogP contribution is -2.24. The summed E-state index contributed by atoms with van der Waals surface area (Å²) in [5.41, 5.74) is -1.13. The van der Waals surface area contributed by atoms with E-state index in [0.717, 1.165) is 12.1 Å². The molecular weight excluding hydrogens is 462 g/mol. The van der Waals surface area contributed by atoms with Crippen LogP contribution in [-0.2, 0) is 20.4 Å². The van der Waals surface area contributed by atoms with Gasteiger partial charge in [-0.1, -0.05) is 41.5 Å². The van der Waals surface area contributed by atoms with Gasteiger partial charge in [-0.2, -0.15) is 0 Å². The van der Waals surface area contributed by atoms with Crippen LogP contribution in [0.25, 0.3) is 0 Å². The molecule has 35 heavy (non-hydrogen) atoms. The number of aromatic hydroxyl groups is 1. The number of carbonyl (C=O) groups excluding carboxylic acids is 1. The summed E-state index contributed by atoms with van der Waals surface area (Å²) >= 11 is 0. The van der Waals surface area contributed by atoms with Crippen molar-refractivity contribution >= 4 is 17.8 Å². The van der Waals surface area contributed by atoms with Crippen molar-refractivity contribution in [1.82, 2.24) is 0 Å². The van der Waals surface area contributed by atoms with Crippen molar-refractivity contribution in [1.29, 1.82) is 0 Å². The van der Waals surface area contributed by atoms with Crippen LogP contribution in [0.3, 0.4) is 0 Å². The Hall–Kier alpha value is -4.02. The largest absolute Gasteiger partial charge is 0.515 e. The Morgan fingerprint density at radius 2 is 1.57 bits per heavy atom. The number of rotatable bonds is 5. The summed E-state index contributed by atoms with van der Waals surface area (Å²) in [6.45, 7) is 10.9. The van der Waals surface area contributed by atoms with Crippen LogP contribution in [0.5, 0.6) is 23.0 Å². The highest BCUT2D eigenvalue weighted by Crippen LogP contribution is 2.43. The van der Waals surface area contributed by atoms with Crippen molar-refractivity contribution in [3.63, 3.8) is 0 Å². The Balaban J connectivity index is 1.99. The van der Waals surface area contributed by atoms with Crippen LogP contribution in [0, 0.1) is 10.1 Å². The fourth-order valence-corrected chi connectivity index (χ4v) is 3.61. The lowest BCUT2D eigenvalue weighted by molar-refractivity contribution is -0.386. The van der Waals surface area contributed by atoms with E-state index in [1.54, 1.807) is 0 Å². The topological polar surface area (TPSA) is 155 Å². The third-order valence-corrected chi connectivity index (χ3v) is 5.35. The highest BCUT2D eigenvalue weighted by molar-refractivity contribution is 5.80. The van der Waals surface area contributed by atoms with Gasteiger partial charge in [0.15, 0.2) is 11.5 Å². The van der Waals surface area contributed by atoms with E-state index in [-0.39, 0.29) is 29.8 Å². The number of benzene rings is 2. The quantitative estimate of drug-likeness (QED) is 0.255. The fourth-order valence-electron chi connectivity index (χ4n) is 3.61. The zero-order valence-corrected chi connectivity index (χ0v) is 20.2. The minimum atomic E-state index is -2.06. The van der Waals surface area contributed by atoms with Gasteiger partial charge in [-0.25, -0.2) is 9.59 Å². The van der Waals surface area contributed by atoms with Gasteiger partial charge < -0.3 is 29.2 Å². The first-order chi connectivity index (χ1) is 16.1. The Morgan fingerprint density at radius 3 is 2.09 bits per heavy atom. The monoisotopic (exact) mass is 489 g/mol. The lowest BCUT2D eigenvalue weighted by Gasteiger charge is -2.27. The molecule has 1 aliphatic heterocycles. The van der Waals surface area contributed by atoms with Crippen LogP contribution in [0.15, 0.2) is 24.3 Å². The summed E-state index contributed by atoms with van der Waals surface area (Å²) in [4.78, 5) is 35.5. The molecule has 3 rings (SSSR count). The summed E-state index contributed by atoms with van der Waals surface area (Å²) in [5, 5.41) is 31.8. The van der Waals surface area contributed by atoms with E-state index in [4.69, 9.17) is 18.9 Å². The highest BCUT2D eigenvalue weighted by atomic mass is 16.7. The van der Waals surface area contributed by atoms with E-state index in [9.17, 15) is 29.9 Å². The Kier molecular flexibility index (Phi) is 6.56. The summed E-state index contributed by atoms with van der Waals surface area (Å²) in [6.07, 6.45) is -3.45. The van der Waals surface area contributed by atoms with E-state index in [2.05, 4.69) is 0 Å². The molecule has 11 heteroatoms. The van der Waals surface area contributed by atoms with Crippen LogP contribution in [-0.4, -0.2) is 34.1 Å². The smallest absolute Gasteiger partial charge is 0.508 e. The van der Waals surface area contributed by atoms with Gasteiger partial charge in [-0.3, -0.25) is 10.1 Å². The maximum atomic E-state index is 12.7. The molecule has 0 saturated carbocycles. The van der Waals surface area contributed by atoms with Crippen LogP contribution in [0.1, 0.15) is 64.3 Å². The average Bonchev–Trinajstić information content (AvgIpc) is 3.17. The van der Waals surface area contributed by atoms with Crippen molar-refractivity contribution < 1.29 is 43.7 Å². The lowest BCUT2D eigenvalue weighted by atomic mass is 9.81. The molecule has 11 nitrogen and oxygen atoms in total. The summed E-state index contributed by atoms with van der Waals surface area (Å²) in [7, 11) is 0. The number of aliphatic carboxylic acids is 1. The first-order valence-corrected chi connectivity index (χ1v) is 10.7. The zero-order valence-electron chi connectivity index (χ0n) is 20.2. The molecule has 0 saturated heterocycles. The summed E-state index contributed by atoms with van der Waals surface area (Å²) in [6, 6.07) is 5.08. The molecule has 1 heterocycles. The van der Waals surface area contributed by atoms with E-state index in [1.165, 1.54) is 12.1 Å². The summed E-state index contributed by atoms with van der Waals surface area (Å²) in [5.74, 6) is -1.42. The number of nitro groups is 1. The maximum Gasteiger partial charge on any atom is 0.515 e. The van der Waals surface area contributed by atoms with Gasteiger partial charge >= 0.3 is 12.1 Å². The highest BCUT2D eigenvalue weighted by Gasteiger charge is 2.36. The number of carboxylic acid groups (broad SMARTS) is 1. The third-order valence-electron chi connectivity index (χ3n) is 5.35. The molecule has 2 N–H and O–H groups in total. The van der Waals surface area contributed by atoms with Crippen LogP contribution >= 0.6 is 0 Å². The van der Waals surface area contributed by atoms with Gasteiger partial charge in [0.05, 0.1) is 16.6 Å². The molecule has 0 bridgehead atoms. The molecule has 188 valence electrons. The number of nitrogens with zero attached hydrogens (tertiary/aromatic N) is 1. The molecule has 0 aromatic heterocycles. The number of carboxylic acids is 1. The van der Waals surface area contributed by atoms with Crippen molar-refractivity contribution in [3.8, 4) is 23.0 Å². The van der Waals surface area contributed by atoms with E-state index >= 15 is 0 Å². The van der Waals surface area contributed by atoms with Crippen LogP contribution in [0.4, 0.5) is 10.5 Å². The molecule has 1 unspecified atom stereocenters. The molecular formula is C24H27NO10. The van der Waals surface area contributed by atoms with Gasteiger partial charge in [0.25, 0.3) is 5.69 Å². The molecule has 0 amide bonds. The van der Waals surface area contributed by atoms with Crippen LogP contribution < -0.4 is 14.2 Å². The van der Waals surface area contributed by atoms with Crippen LogP contribution in [0.2, 0.25) is 0 Å². The third kappa shape index (κ3) is 5.39. The molecule has 1 aliphatic rings. The SMILES string of the molecule is CC(C)(C)c1cc(OC(=O)OC(C(=O)O)c2cc3c(cc2[N+](=O)[O-])OCO3)c(C(C)(C)C)cc1O. The average molecular weight is 489 g/mol. The van der Waals surface area contributed by atoms with Gasteiger partial charge in [0.1, 0.15) is 11.5 Å². The number of hydrogen-bond acceptors (Lipinski definition) is 9.